The van der Waals surface area contributed by atoms with E-state index < -0.39 is 65.5 Å². The Morgan fingerprint density at radius 3 is 2.51 bits per heavy atom. The van der Waals surface area contributed by atoms with Crippen LogP contribution in [0.15, 0.2) is 23.8 Å². The molecule has 4 aliphatic carbocycles. The zero-order chi connectivity index (χ0) is 28.5. The molecule has 11 atom stereocenters. The van der Waals surface area contributed by atoms with Crippen LogP contribution in [0.1, 0.15) is 46.0 Å². The topological polar surface area (TPSA) is 177 Å². The second-order valence-electron chi connectivity index (χ2n) is 12.1. The summed E-state index contributed by atoms with van der Waals surface area (Å²) in [7, 11) is 1.06. The van der Waals surface area contributed by atoms with E-state index in [4.69, 9.17) is 9.47 Å². The Hall–Kier alpha value is -2.28. The molecule has 1 heterocycles. The smallest absolute Gasteiger partial charge is 0.337 e. The first-order chi connectivity index (χ1) is 18.3. The van der Waals surface area contributed by atoms with Gasteiger partial charge in [-0.3, -0.25) is 14.4 Å². The van der Waals surface area contributed by atoms with Gasteiger partial charge >= 0.3 is 5.97 Å². The lowest BCUT2D eigenvalue weighted by Crippen LogP contribution is -2.62. The van der Waals surface area contributed by atoms with Crippen molar-refractivity contribution in [3.63, 3.8) is 0 Å². The number of methoxy groups -OCH3 is 1. The van der Waals surface area contributed by atoms with Gasteiger partial charge in [0.05, 0.1) is 7.11 Å². The van der Waals surface area contributed by atoms with Crippen LogP contribution >= 0.6 is 0 Å². The molecule has 3 saturated carbocycles. The average Bonchev–Trinajstić information content (AvgIpc) is 3.17. The maximum absolute atomic E-state index is 13.7. The summed E-state index contributed by atoms with van der Waals surface area (Å²) >= 11 is 0. The molecular formula is C28H36O11. The van der Waals surface area contributed by atoms with Crippen LogP contribution in [0.5, 0.6) is 0 Å². The number of aliphatic hydroxyl groups is 4. The van der Waals surface area contributed by atoms with E-state index in [0.29, 0.717) is 19.3 Å². The van der Waals surface area contributed by atoms with Gasteiger partial charge < -0.3 is 34.6 Å². The molecule has 0 aromatic heterocycles. The van der Waals surface area contributed by atoms with E-state index >= 15 is 0 Å². The van der Waals surface area contributed by atoms with Crippen molar-refractivity contribution in [3.05, 3.63) is 23.8 Å². The first-order valence-electron chi connectivity index (χ1n) is 13.4. The summed E-state index contributed by atoms with van der Waals surface area (Å²) in [4.78, 5) is 51.1. The van der Waals surface area contributed by atoms with Crippen LogP contribution in [0.2, 0.25) is 0 Å². The molecule has 5 aliphatic rings. The molecule has 1 saturated heterocycles. The first kappa shape index (κ1) is 28.3. The van der Waals surface area contributed by atoms with Crippen LogP contribution in [-0.2, 0) is 33.4 Å². The highest BCUT2D eigenvalue weighted by atomic mass is 16.7. The highest BCUT2D eigenvalue weighted by Crippen LogP contribution is 2.66. The minimum Gasteiger partial charge on any atom is -0.467 e. The molecule has 0 spiro atoms. The first-order valence-corrected chi connectivity index (χ1v) is 13.4. The van der Waals surface area contributed by atoms with E-state index in [1.165, 1.54) is 6.08 Å². The minimum atomic E-state index is -1.88. The van der Waals surface area contributed by atoms with Gasteiger partial charge in [0.1, 0.15) is 36.3 Å². The summed E-state index contributed by atoms with van der Waals surface area (Å²) in [5, 5.41) is 42.3. The van der Waals surface area contributed by atoms with Crippen LogP contribution in [0.4, 0.5) is 0 Å². The number of ketones is 3. The molecule has 0 bridgehead atoms. The van der Waals surface area contributed by atoms with Gasteiger partial charge in [0.25, 0.3) is 0 Å². The van der Waals surface area contributed by atoms with Crippen molar-refractivity contribution in [2.75, 3.05) is 13.7 Å². The summed E-state index contributed by atoms with van der Waals surface area (Å²) in [5.41, 5.74) is -2.55. The molecule has 4 N–H and O–H groups in total. The highest BCUT2D eigenvalue weighted by molar-refractivity contribution is 6.02. The maximum Gasteiger partial charge on any atom is 0.337 e. The molecule has 5 rings (SSSR count). The van der Waals surface area contributed by atoms with Crippen molar-refractivity contribution < 1.29 is 53.8 Å². The number of allylic oxidation sites excluding steroid dienone is 4. The molecule has 11 heteroatoms. The summed E-state index contributed by atoms with van der Waals surface area (Å²) in [6, 6.07) is 0. The van der Waals surface area contributed by atoms with Crippen molar-refractivity contribution >= 4 is 23.3 Å². The van der Waals surface area contributed by atoms with Crippen molar-refractivity contribution in [3.8, 4) is 0 Å². The highest BCUT2D eigenvalue weighted by Gasteiger charge is 2.68. The number of fused-ring (bicyclic) bond motifs is 5. The number of aliphatic hydroxyl groups excluding tert-OH is 3. The molecule has 0 aromatic carbocycles. The lowest BCUT2D eigenvalue weighted by molar-refractivity contribution is -0.293. The molecule has 11 nitrogen and oxygen atoms in total. The number of Topliss-reactive ketones (excluding diaryl/α,β-unsaturated/α-hetero) is 2. The van der Waals surface area contributed by atoms with Gasteiger partial charge in [0.15, 0.2) is 24.0 Å². The molecule has 214 valence electrons. The molecule has 39 heavy (non-hydrogen) atoms. The normalized spacial score (nSPS) is 47.1. The van der Waals surface area contributed by atoms with Crippen molar-refractivity contribution in [2.45, 2.75) is 82.3 Å². The predicted octanol–water partition coefficient (Wildman–Crippen LogP) is -0.229. The van der Waals surface area contributed by atoms with Gasteiger partial charge in [-0.1, -0.05) is 25.5 Å². The van der Waals surface area contributed by atoms with E-state index in [-0.39, 0.29) is 42.2 Å². The number of hydrogen-bond acceptors (Lipinski definition) is 11. The molecule has 0 radical (unpaired) electrons. The Balaban J connectivity index is 1.33. The maximum atomic E-state index is 13.7. The second kappa shape index (κ2) is 9.67. The van der Waals surface area contributed by atoms with Crippen molar-refractivity contribution in [1.82, 2.24) is 0 Å². The largest absolute Gasteiger partial charge is 0.467 e. The minimum absolute atomic E-state index is 0.0103. The third-order valence-electron chi connectivity index (χ3n) is 10.3. The number of esters is 1. The zero-order valence-electron chi connectivity index (χ0n) is 22.2. The van der Waals surface area contributed by atoms with Crippen LogP contribution in [0.25, 0.3) is 0 Å². The quantitative estimate of drug-likeness (QED) is 0.334. The SMILES string of the molecule is COC(=O)[C@H]1O[C@@H](OCC(=O)[C@@]2(O)CCC3C4CCC5=CC(=O)C=C[C@]5(C)C4C(=O)C[C@@]32C)[C@H](O)[C@@H](O)[C@@H]1O. The van der Waals surface area contributed by atoms with E-state index in [1.54, 1.807) is 13.0 Å². The van der Waals surface area contributed by atoms with Crippen LogP contribution in [-0.4, -0.2) is 93.8 Å². The average molecular weight is 549 g/mol. The Labute approximate surface area is 225 Å². The fraction of sp³-hybridized carbons (Fsp3) is 0.714. The van der Waals surface area contributed by atoms with Gasteiger partial charge in [-0.2, -0.15) is 0 Å². The van der Waals surface area contributed by atoms with E-state index in [1.807, 2.05) is 13.0 Å². The van der Waals surface area contributed by atoms with Crippen LogP contribution in [0, 0.1) is 28.6 Å². The Kier molecular flexibility index (Phi) is 7.01. The third kappa shape index (κ3) is 4.08. The second-order valence-corrected chi connectivity index (χ2v) is 12.1. The molecule has 3 unspecified atom stereocenters. The summed E-state index contributed by atoms with van der Waals surface area (Å²) in [6.07, 6.45) is -1.67. The zero-order valence-corrected chi connectivity index (χ0v) is 22.2. The fourth-order valence-corrected chi connectivity index (χ4v) is 8.07. The lowest BCUT2D eigenvalue weighted by atomic mass is 9.46. The number of rotatable bonds is 5. The van der Waals surface area contributed by atoms with E-state index in [0.717, 1.165) is 12.7 Å². The standard InChI is InChI=1S/C28H36O11/c1-26-8-6-14(29)10-13(26)4-5-15-16-7-9-28(36,27(16,2)11-17(30)19(15)26)18(31)12-38-25-22(34)20(32)21(33)23(39-25)24(35)37-3/h6,8,10,15-16,19-23,25,32-34,36H,4-5,7,9,11-12H2,1-3H3/t15?,16?,19?,20-,21-,22+,23-,25+,26-,27-,28-/m0/s1. The molecular weight excluding hydrogens is 512 g/mol. The molecule has 1 aliphatic heterocycles. The number of carbonyl (C=O) groups is 4. The van der Waals surface area contributed by atoms with Crippen LogP contribution < -0.4 is 0 Å². The summed E-state index contributed by atoms with van der Waals surface area (Å²) in [6.45, 7) is 3.04. The van der Waals surface area contributed by atoms with Crippen molar-refractivity contribution in [1.29, 1.82) is 0 Å². The van der Waals surface area contributed by atoms with Gasteiger partial charge in [-0.25, -0.2) is 4.79 Å². The summed E-state index contributed by atoms with van der Waals surface area (Å²) in [5.74, 6) is -2.36. The predicted molar refractivity (Wildman–Crippen MR) is 132 cm³/mol. The Bertz CT molecular complexity index is 1140. The van der Waals surface area contributed by atoms with Gasteiger partial charge in [-0.05, 0) is 49.7 Å². The number of hydrogen-bond donors (Lipinski definition) is 4. The van der Waals surface area contributed by atoms with Crippen LogP contribution in [0.3, 0.4) is 0 Å². The van der Waals surface area contributed by atoms with Gasteiger partial charge in [-0.15, -0.1) is 0 Å². The van der Waals surface area contributed by atoms with E-state index in [9.17, 15) is 39.6 Å². The Morgan fingerprint density at radius 1 is 1.10 bits per heavy atom. The fourth-order valence-electron chi connectivity index (χ4n) is 8.07. The van der Waals surface area contributed by atoms with E-state index in [2.05, 4.69) is 4.74 Å². The molecule has 4 fully saturated rings. The monoisotopic (exact) mass is 548 g/mol. The number of ether oxygens (including phenoxy) is 3. The number of carbonyl (C=O) groups excluding carboxylic acids is 4. The lowest BCUT2D eigenvalue weighted by Gasteiger charge is -2.56. The van der Waals surface area contributed by atoms with Gasteiger partial charge in [0, 0.05) is 23.2 Å². The van der Waals surface area contributed by atoms with Gasteiger partial charge in [0.2, 0.25) is 0 Å². The molecule has 0 amide bonds. The summed E-state index contributed by atoms with van der Waals surface area (Å²) < 4.78 is 15.3. The Morgan fingerprint density at radius 2 is 1.82 bits per heavy atom. The molecule has 0 aromatic rings. The third-order valence-corrected chi connectivity index (χ3v) is 10.3. The van der Waals surface area contributed by atoms with Crippen molar-refractivity contribution in [2.24, 2.45) is 28.6 Å².